The first-order chi connectivity index (χ1) is 8.45. The van der Waals surface area contributed by atoms with Crippen LogP contribution in [0.15, 0.2) is 12.1 Å². The van der Waals surface area contributed by atoms with Crippen LogP contribution in [0.2, 0.25) is 0 Å². The van der Waals surface area contributed by atoms with Gasteiger partial charge in [-0.05, 0) is 32.9 Å². The van der Waals surface area contributed by atoms with Crippen molar-refractivity contribution in [3.05, 3.63) is 23.4 Å². The summed E-state index contributed by atoms with van der Waals surface area (Å²) in [4.78, 5) is 7.12. The summed E-state index contributed by atoms with van der Waals surface area (Å²) < 4.78 is 5.13. The van der Waals surface area contributed by atoms with Crippen molar-refractivity contribution in [1.29, 1.82) is 0 Å². The van der Waals surface area contributed by atoms with E-state index in [1.807, 2.05) is 19.1 Å². The maximum absolute atomic E-state index is 5.69. The highest BCUT2D eigenvalue weighted by Gasteiger charge is 2.13. The number of aromatic nitrogens is 1. The van der Waals surface area contributed by atoms with Crippen LogP contribution in [-0.4, -0.2) is 36.3 Å². The lowest BCUT2D eigenvalue weighted by molar-refractivity contribution is 0.203. The van der Waals surface area contributed by atoms with Gasteiger partial charge in [-0.1, -0.05) is 12.2 Å². The molecule has 0 spiro atoms. The number of nitrogens with two attached hydrogens (primary N) is 1. The average Bonchev–Trinajstić information content (AvgIpc) is 2.28. The smallest absolute Gasteiger partial charge is 0.129 e. The number of hydrogen-bond acceptors (Lipinski definition) is 4. The van der Waals surface area contributed by atoms with Crippen molar-refractivity contribution in [3.8, 4) is 0 Å². The second-order valence-electron chi connectivity index (χ2n) is 4.50. The molecule has 0 aliphatic heterocycles. The van der Waals surface area contributed by atoms with Gasteiger partial charge in [-0.2, -0.15) is 0 Å². The molecule has 1 rings (SSSR count). The molecule has 0 bridgehead atoms. The Balaban J connectivity index is 3.07. The number of pyridine rings is 1. The summed E-state index contributed by atoms with van der Waals surface area (Å²) in [6.45, 7) is 7.65. The van der Waals surface area contributed by atoms with Crippen LogP contribution in [0.1, 0.15) is 25.1 Å². The van der Waals surface area contributed by atoms with Crippen LogP contribution in [-0.2, 0) is 4.74 Å². The highest BCUT2D eigenvalue weighted by Crippen LogP contribution is 2.17. The normalized spacial score (nSPS) is 10.7. The number of thiocarbonyl (C=S) groups is 1. The van der Waals surface area contributed by atoms with Crippen LogP contribution in [0, 0.1) is 6.92 Å². The standard InChI is InChI=1S/C13H21N3OS/c1-9(2)16(5-6-17-4)12-8-11(13(14)18)7-10(3)15-12/h7-9H,5-6H2,1-4H3,(H2,14,18). The van der Waals surface area contributed by atoms with Gasteiger partial charge in [0.1, 0.15) is 10.8 Å². The minimum Gasteiger partial charge on any atom is -0.389 e. The molecular formula is C13H21N3OS. The van der Waals surface area contributed by atoms with Crippen LogP contribution >= 0.6 is 12.2 Å². The molecular weight excluding hydrogens is 246 g/mol. The van der Waals surface area contributed by atoms with Gasteiger partial charge in [0.25, 0.3) is 0 Å². The van der Waals surface area contributed by atoms with E-state index in [2.05, 4.69) is 23.7 Å². The highest BCUT2D eigenvalue weighted by molar-refractivity contribution is 7.80. The van der Waals surface area contributed by atoms with Gasteiger partial charge in [-0.25, -0.2) is 4.98 Å². The molecule has 2 N–H and O–H groups in total. The van der Waals surface area contributed by atoms with Crippen molar-refractivity contribution in [1.82, 2.24) is 4.98 Å². The summed E-state index contributed by atoms with van der Waals surface area (Å²) >= 11 is 5.03. The maximum Gasteiger partial charge on any atom is 0.129 e. The molecule has 4 nitrogen and oxygen atoms in total. The number of rotatable bonds is 6. The van der Waals surface area contributed by atoms with E-state index in [0.29, 0.717) is 17.6 Å². The summed E-state index contributed by atoms with van der Waals surface area (Å²) in [6.07, 6.45) is 0. The van der Waals surface area contributed by atoms with Gasteiger partial charge in [-0.15, -0.1) is 0 Å². The lowest BCUT2D eigenvalue weighted by Gasteiger charge is -2.28. The molecule has 1 aromatic rings. The third-order valence-corrected chi connectivity index (χ3v) is 2.91. The molecule has 18 heavy (non-hydrogen) atoms. The molecule has 0 aliphatic carbocycles. The van der Waals surface area contributed by atoms with E-state index in [0.717, 1.165) is 23.6 Å². The minimum atomic E-state index is 0.341. The molecule has 0 unspecified atom stereocenters. The van der Waals surface area contributed by atoms with Gasteiger partial charge in [-0.3, -0.25) is 0 Å². The van der Waals surface area contributed by atoms with Gasteiger partial charge in [0.15, 0.2) is 0 Å². The Hall–Kier alpha value is -1.20. The number of aryl methyl sites for hydroxylation is 1. The van der Waals surface area contributed by atoms with Crippen LogP contribution < -0.4 is 10.6 Å². The van der Waals surface area contributed by atoms with E-state index < -0.39 is 0 Å². The first kappa shape index (κ1) is 14.9. The fourth-order valence-corrected chi connectivity index (χ4v) is 1.89. The van der Waals surface area contributed by atoms with E-state index in [9.17, 15) is 0 Å². The predicted molar refractivity (Wildman–Crippen MR) is 79.2 cm³/mol. The summed E-state index contributed by atoms with van der Waals surface area (Å²) in [6, 6.07) is 4.18. The molecule has 0 aromatic carbocycles. The zero-order valence-corrected chi connectivity index (χ0v) is 12.3. The number of hydrogen-bond donors (Lipinski definition) is 1. The Bertz CT molecular complexity index is 421. The Morgan fingerprint density at radius 3 is 2.67 bits per heavy atom. The van der Waals surface area contributed by atoms with Crippen LogP contribution in [0.3, 0.4) is 0 Å². The molecule has 1 aromatic heterocycles. The van der Waals surface area contributed by atoms with Crippen molar-refractivity contribution < 1.29 is 4.74 Å². The van der Waals surface area contributed by atoms with Crippen LogP contribution in [0.25, 0.3) is 0 Å². The van der Waals surface area contributed by atoms with Gasteiger partial charge < -0.3 is 15.4 Å². The van der Waals surface area contributed by atoms with E-state index in [4.69, 9.17) is 22.7 Å². The summed E-state index contributed by atoms with van der Waals surface area (Å²) in [5, 5.41) is 0. The van der Waals surface area contributed by atoms with E-state index in [1.54, 1.807) is 7.11 Å². The van der Waals surface area contributed by atoms with E-state index in [-0.39, 0.29) is 0 Å². The molecule has 0 radical (unpaired) electrons. The molecule has 0 aliphatic rings. The number of ether oxygens (including phenoxy) is 1. The molecule has 5 heteroatoms. The quantitative estimate of drug-likeness (QED) is 0.798. The minimum absolute atomic E-state index is 0.341. The molecule has 0 amide bonds. The van der Waals surface area contributed by atoms with Gasteiger partial charge >= 0.3 is 0 Å². The maximum atomic E-state index is 5.69. The summed E-state index contributed by atoms with van der Waals surface area (Å²) in [5.74, 6) is 0.893. The Kier molecular flexibility index (Phi) is 5.50. The molecule has 0 fully saturated rings. The first-order valence-electron chi connectivity index (χ1n) is 5.99. The average molecular weight is 267 g/mol. The van der Waals surface area contributed by atoms with Crippen LogP contribution in [0.4, 0.5) is 5.82 Å². The molecule has 0 saturated carbocycles. The number of nitrogens with zero attached hydrogens (tertiary/aromatic N) is 2. The monoisotopic (exact) mass is 267 g/mol. The van der Waals surface area contributed by atoms with Gasteiger partial charge in [0.05, 0.1) is 6.61 Å². The zero-order valence-electron chi connectivity index (χ0n) is 11.4. The Morgan fingerprint density at radius 2 is 2.17 bits per heavy atom. The van der Waals surface area contributed by atoms with Crippen molar-refractivity contribution in [2.75, 3.05) is 25.2 Å². The van der Waals surface area contributed by atoms with Crippen molar-refractivity contribution >= 4 is 23.0 Å². The number of anilines is 1. The molecule has 100 valence electrons. The van der Waals surface area contributed by atoms with Gasteiger partial charge in [0.2, 0.25) is 0 Å². The second kappa shape index (κ2) is 6.66. The molecule has 0 atom stereocenters. The second-order valence-corrected chi connectivity index (χ2v) is 4.94. The highest BCUT2D eigenvalue weighted by atomic mass is 32.1. The van der Waals surface area contributed by atoms with Crippen molar-refractivity contribution in [2.24, 2.45) is 5.73 Å². The number of methoxy groups -OCH3 is 1. The van der Waals surface area contributed by atoms with Crippen molar-refractivity contribution in [2.45, 2.75) is 26.8 Å². The lowest BCUT2D eigenvalue weighted by atomic mass is 10.2. The Morgan fingerprint density at radius 1 is 1.50 bits per heavy atom. The molecule has 1 heterocycles. The van der Waals surface area contributed by atoms with Crippen molar-refractivity contribution in [3.63, 3.8) is 0 Å². The summed E-state index contributed by atoms with van der Waals surface area (Å²) in [7, 11) is 1.70. The van der Waals surface area contributed by atoms with Crippen LogP contribution in [0.5, 0.6) is 0 Å². The SMILES string of the molecule is COCCN(c1cc(C(N)=S)cc(C)n1)C(C)C. The largest absolute Gasteiger partial charge is 0.389 e. The van der Waals surface area contributed by atoms with E-state index >= 15 is 0 Å². The lowest BCUT2D eigenvalue weighted by Crippen LogP contribution is -2.34. The molecule has 0 saturated heterocycles. The summed E-state index contributed by atoms with van der Waals surface area (Å²) in [5.41, 5.74) is 7.46. The third kappa shape index (κ3) is 3.92. The van der Waals surface area contributed by atoms with E-state index in [1.165, 1.54) is 0 Å². The predicted octanol–water partition coefficient (Wildman–Crippen LogP) is 1.89. The van der Waals surface area contributed by atoms with Gasteiger partial charge in [0, 0.05) is 31.0 Å². The topological polar surface area (TPSA) is 51.4 Å². The Labute approximate surface area is 114 Å². The first-order valence-corrected chi connectivity index (χ1v) is 6.40. The third-order valence-electron chi connectivity index (χ3n) is 2.68. The fourth-order valence-electron chi connectivity index (χ4n) is 1.77. The zero-order chi connectivity index (χ0) is 13.7. The fraction of sp³-hybridized carbons (Fsp3) is 0.538.